The second-order valence-electron chi connectivity index (χ2n) is 5.84. The van der Waals surface area contributed by atoms with Gasteiger partial charge in [0.05, 0.1) is 6.10 Å². The van der Waals surface area contributed by atoms with Gasteiger partial charge in [-0.1, -0.05) is 26.7 Å². The summed E-state index contributed by atoms with van der Waals surface area (Å²) >= 11 is 0. The van der Waals surface area contributed by atoms with Crippen LogP contribution in [-0.4, -0.2) is 47.8 Å². The van der Waals surface area contributed by atoms with Crippen LogP contribution in [0.15, 0.2) is 0 Å². The lowest BCUT2D eigenvalue weighted by atomic mass is 9.87. The van der Waals surface area contributed by atoms with Crippen molar-refractivity contribution < 1.29 is 5.11 Å². The monoisotopic (exact) mass is 240 g/mol. The first-order valence-corrected chi connectivity index (χ1v) is 7.38. The van der Waals surface area contributed by atoms with Crippen molar-refractivity contribution in [2.24, 2.45) is 5.92 Å². The van der Waals surface area contributed by atoms with E-state index in [1.54, 1.807) is 0 Å². The highest BCUT2D eigenvalue weighted by Crippen LogP contribution is 2.27. The number of aliphatic hydroxyl groups excluding tert-OH is 1. The summed E-state index contributed by atoms with van der Waals surface area (Å²) in [6.45, 7) is 7.91. The Labute approximate surface area is 106 Å². The number of nitrogens with one attached hydrogen (secondary N) is 1. The Kier molecular flexibility index (Phi) is 4.83. The van der Waals surface area contributed by atoms with Crippen molar-refractivity contribution in [2.75, 3.05) is 19.6 Å². The van der Waals surface area contributed by atoms with Crippen molar-refractivity contribution in [3.8, 4) is 0 Å². The van der Waals surface area contributed by atoms with Gasteiger partial charge in [0.25, 0.3) is 0 Å². The summed E-state index contributed by atoms with van der Waals surface area (Å²) in [6, 6.07) is 1.12. The van der Waals surface area contributed by atoms with Gasteiger partial charge in [0, 0.05) is 25.2 Å². The van der Waals surface area contributed by atoms with Crippen LogP contribution in [0.2, 0.25) is 0 Å². The van der Waals surface area contributed by atoms with Gasteiger partial charge in [0.15, 0.2) is 0 Å². The predicted molar refractivity (Wildman–Crippen MR) is 71.1 cm³/mol. The maximum absolute atomic E-state index is 10.1. The van der Waals surface area contributed by atoms with Crippen LogP contribution in [0.4, 0.5) is 0 Å². The molecular formula is C14H28N2O. The molecule has 2 rings (SSSR count). The quantitative estimate of drug-likeness (QED) is 0.787. The molecule has 1 saturated heterocycles. The van der Waals surface area contributed by atoms with Crippen LogP contribution in [0.3, 0.4) is 0 Å². The average molecular weight is 240 g/mol. The Morgan fingerprint density at radius 1 is 1.24 bits per heavy atom. The second kappa shape index (κ2) is 6.17. The van der Waals surface area contributed by atoms with Crippen molar-refractivity contribution in [2.45, 2.75) is 64.1 Å². The molecule has 0 aromatic heterocycles. The number of hydrogen-bond acceptors (Lipinski definition) is 3. The fourth-order valence-corrected chi connectivity index (χ4v) is 3.56. The van der Waals surface area contributed by atoms with Gasteiger partial charge in [-0.15, -0.1) is 0 Å². The van der Waals surface area contributed by atoms with Crippen molar-refractivity contribution in [1.29, 1.82) is 0 Å². The van der Waals surface area contributed by atoms with Gasteiger partial charge < -0.3 is 10.4 Å². The molecule has 1 aliphatic carbocycles. The largest absolute Gasteiger partial charge is 0.391 e. The summed E-state index contributed by atoms with van der Waals surface area (Å²) in [4.78, 5) is 2.54. The fraction of sp³-hybridized carbons (Fsp3) is 1.00. The topological polar surface area (TPSA) is 35.5 Å². The summed E-state index contributed by atoms with van der Waals surface area (Å²) in [6.07, 6.45) is 5.86. The Balaban J connectivity index is 1.87. The zero-order valence-corrected chi connectivity index (χ0v) is 11.4. The van der Waals surface area contributed by atoms with E-state index in [9.17, 15) is 5.11 Å². The van der Waals surface area contributed by atoms with Crippen LogP contribution in [0, 0.1) is 5.92 Å². The number of aliphatic hydroxyl groups is 1. The Bertz CT molecular complexity index is 234. The molecule has 0 bridgehead atoms. The van der Waals surface area contributed by atoms with E-state index in [0.29, 0.717) is 18.0 Å². The van der Waals surface area contributed by atoms with Gasteiger partial charge in [-0.05, 0) is 31.7 Å². The molecule has 4 atom stereocenters. The summed E-state index contributed by atoms with van der Waals surface area (Å²) in [7, 11) is 0. The molecule has 2 fully saturated rings. The first-order chi connectivity index (χ1) is 8.22. The van der Waals surface area contributed by atoms with Crippen LogP contribution < -0.4 is 5.32 Å². The van der Waals surface area contributed by atoms with Crippen molar-refractivity contribution >= 4 is 0 Å². The number of rotatable bonds is 3. The lowest BCUT2D eigenvalue weighted by Crippen LogP contribution is -2.54. The van der Waals surface area contributed by atoms with Crippen LogP contribution >= 0.6 is 0 Å². The molecular weight excluding hydrogens is 212 g/mol. The summed E-state index contributed by atoms with van der Waals surface area (Å²) < 4.78 is 0. The SMILES string of the molecule is CCNC1CCN(C2CCCCC2O)CC1C. The molecule has 3 heteroatoms. The van der Waals surface area contributed by atoms with Gasteiger partial charge in [-0.25, -0.2) is 0 Å². The number of hydrogen-bond donors (Lipinski definition) is 2. The van der Waals surface area contributed by atoms with Gasteiger partial charge >= 0.3 is 0 Å². The van der Waals surface area contributed by atoms with E-state index in [2.05, 4.69) is 24.1 Å². The van der Waals surface area contributed by atoms with E-state index in [0.717, 1.165) is 26.1 Å². The van der Waals surface area contributed by atoms with E-state index < -0.39 is 0 Å². The van der Waals surface area contributed by atoms with E-state index >= 15 is 0 Å². The smallest absolute Gasteiger partial charge is 0.0695 e. The lowest BCUT2D eigenvalue weighted by molar-refractivity contribution is -0.00419. The van der Waals surface area contributed by atoms with Gasteiger partial charge in [-0.2, -0.15) is 0 Å². The van der Waals surface area contributed by atoms with Gasteiger partial charge in [0.2, 0.25) is 0 Å². The molecule has 0 aromatic rings. The van der Waals surface area contributed by atoms with E-state index in [4.69, 9.17) is 0 Å². The lowest BCUT2D eigenvalue weighted by Gasteiger charge is -2.44. The molecule has 0 aromatic carbocycles. The third-order valence-electron chi connectivity index (χ3n) is 4.57. The maximum atomic E-state index is 10.1. The van der Waals surface area contributed by atoms with Crippen LogP contribution in [-0.2, 0) is 0 Å². The van der Waals surface area contributed by atoms with Crippen LogP contribution in [0.5, 0.6) is 0 Å². The number of likely N-dealkylation sites (tertiary alicyclic amines) is 1. The van der Waals surface area contributed by atoms with E-state index in [1.807, 2.05) is 0 Å². The first kappa shape index (κ1) is 13.3. The molecule has 17 heavy (non-hydrogen) atoms. The second-order valence-corrected chi connectivity index (χ2v) is 5.84. The van der Waals surface area contributed by atoms with E-state index in [-0.39, 0.29) is 6.10 Å². The molecule has 3 nitrogen and oxygen atoms in total. The zero-order valence-electron chi connectivity index (χ0n) is 11.4. The van der Waals surface area contributed by atoms with E-state index in [1.165, 1.54) is 25.7 Å². The number of piperidine rings is 1. The fourth-order valence-electron chi connectivity index (χ4n) is 3.56. The highest BCUT2D eigenvalue weighted by Gasteiger charge is 2.33. The minimum absolute atomic E-state index is 0.0772. The zero-order chi connectivity index (χ0) is 12.3. The Hall–Kier alpha value is -0.120. The molecule has 4 unspecified atom stereocenters. The minimum atomic E-state index is -0.0772. The first-order valence-electron chi connectivity index (χ1n) is 7.38. The third-order valence-corrected chi connectivity index (χ3v) is 4.57. The Morgan fingerprint density at radius 3 is 2.65 bits per heavy atom. The third kappa shape index (κ3) is 3.21. The van der Waals surface area contributed by atoms with Crippen LogP contribution in [0.25, 0.3) is 0 Å². The molecule has 2 aliphatic rings. The molecule has 1 heterocycles. The summed E-state index contributed by atoms with van der Waals surface area (Å²) in [5, 5.41) is 13.7. The highest BCUT2D eigenvalue weighted by molar-refractivity contribution is 4.89. The highest BCUT2D eigenvalue weighted by atomic mass is 16.3. The molecule has 1 aliphatic heterocycles. The van der Waals surface area contributed by atoms with Crippen molar-refractivity contribution in [3.63, 3.8) is 0 Å². The standard InChI is InChI=1S/C14H28N2O/c1-3-15-12-8-9-16(10-11(12)2)13-6-4-5-7-14(13)17/h11-15,17H,3-10H2,1-2H3. The average Bonchev–Trinajstić information content (AvgIpc) is 2.33. The molecule has 2 N–H and O–H groups in total. The minimum Gasteiger partial charge on any atom is -0.391 e. The van der Waals surface area contributed by atoms with Crippen LogP contribution in [0.1, 0.15) is 46.0 Å². The van der Waals surface area contributed by atoms with Gasteiger partial charge in [0.1, 0.15) is 0 Å². The molecule has 1 saturated carbocycles. The normalized spacial score (nSPS) is 40.4. The van der Waals surface area contributed by atoms with Crippen molar-refractivity contribution in [1.82, 2.24) is 10.2 Å². The molecule has 0 amide bonds. The molecule has 100 valence electrons. The van der Waals surface area contributed by atoms with Crippen molar-refractivity contribution in [3.05, 3.63) is 0 Å². The number of nitrogens with zero attached hydrogens (tertiary/aromatic N) is 1. The molecule has 0 spiro atoms. The summed E-state index contributed by atoms with van der Waals surface area (Å²) in [5.74, 6) is 0.706. The maximum Gasteiger partial charge on any atom is 0.0695 e. The summed E-state index contributed by atoms with van der Waals surface area (Å²) in [5.41, 5.74) is 0. The predicted octanol–water partition coefficient (Wildman–Crippen LogP) is 1.61. The van der Waals surface area contributed by atoms with Gasteiger partial charge in [-0.3, -0.25) is 4.90 Å². The Morgan fingerprint density at radius 2 is 2.00 bits per heavy atom. The molecule has 0 radical (unpaired) electrons.